The van der Waals surface area contributed by atoms with Crippen molar-refractivity contribution in [1.82, 2.24) is 4.31 Å². The van der Waals surface area contributed by atoms with Gasteiger partial charge >= 0.3 is 5.69 Å². The molecule has 0 aliphatic heterocycles. The van der Waals surface area contributed by atoms with Gasteiger partial charge in [0.2, 0.25) is 15.8 Å². The number of sulfonamides is 1. The standard InChI is InChI=1S/C11H15FN2O6S/c1-13(6-8(15)7-20-2)21(18,19)10-5-3-4-9(12)11(10)14(16)17/h3-5,8,15H,6-7H2,1-2H3. The molecule has 0 heterocycles. The number of ether oxygens (including phenoxy) is 1. The zero-order chi connectivity index (χ0) is 16.2. The highest BCUT2D eigenvalue weighted by atomic mass is 32.2. The van der Waals surface area contributed by atoms with Crippen LogP contribution in [0.4, 0.5) is 10.1 Å². The predicted octanol–water partition coefficient (Wildman–Crippen LogP) is 0.362. The first-order valence-electron chi connectivity index (χ1n) is 5.78. The lowest BCUT2D eigenvalue weighted by Crippen LogP contribution is -2.36. The normalized spacial score (nSPS) is 13.4. The number of rotatable bonds is 7. The van der Waals surface area contributed by atoms with Crippen LogP contribution in [0.5, 0.6) is 0 Å². The molecule has 118 valence electrons. The second kappa shape index (κ2) is 6.89. The molecule has 0 saturated heterocycles. The van der Waals surface area contributed by atoms with E-state index in [-0.39, 0.29) is 13.2 Å². The van der Waals surface area contributed by atoms with Crippen molar-refractivity contribution in [2.75, 3.05) is 27.3 Å². The van der Waals surface area contributed by atoms with Gasteiger partial charge in [0.25, 0.3) is 0 Å². The highest BCUT2D eigenvalue weighted by molar-refractivity contribution is 7.89. The number of para-hydroxylation sites is 1. The van der Waals surface area contributed by atoms with Gasteiger partial charge in [-0.2, -0.15) is 8.70 Å². The van der Waals surface area contributed by atoms with E-state index in [0.29, 0.717) is 4.31 Å². The van der Waals surface area contributed by atoms with Crippen LogP contribution in [0.3, 0.4) is 0 Å². The van der Waals surface area contributed by atoms with Gasteiger partial charge in [-0.25, -0.2) is 8.42 Å². The Morgan fingerprint density at radius 3 is 2.67 bits per heavy atom. The number of methoxy groups -OCH3 is 1. The fraction of sp³-hybridized carbons (Fsp3) is 0.455. The minimum Gasteiger partial charge on any atom is -0.389 e. The number of benzene rings is 1. The summed E-state index contributed by atoms with van der Waals surface area (Å²) in [5.41, 5.74) is -1.12. The third-order valence-electron chi connectivity index (χ3n) is 2.65. The Labute approximate surface area is 121 Å². The van der Waals surface area contributed by atoms with Crippen LogP contribution >= 0.6 is 0 Å². The Kier molecular flexibility index (Phi) is 5.72. The maximum Gasteiger partial charge on any atom is 0.324 e. The van der Waals surface area contributed by atoms with E-state index >= 15 is 0 Å². The van der Waals surface area contributed by atoms with Gasteiger partial charge in [0.15, 0.2) is 4.90 Å². The first kappa shape index (κ1) is 17.4. The van der Waals surface area contributed by atoms with Gasteiger partial charge in [-0.3, -0.25) is 10.1 Å². The molecule has 0 aromatic heterocycles. The van der Waals surface area contributed by atoms with Crippen LogP contribution in [-0.2, 0) is 14.8 Å². The molecule has 1 aromatic carbocycles. The molecule has 1 atom stereocenters. The maximum absolute atomic E-state index is 13.5. The summed E-state index contributed by atoms with van der Waals surface area (Å²) in [6.45, 7) is -0.449. The van der Waals surface area contributed by atoms with Gasteiger partial charge < -0.3 is 9.84 Å². The third kappa shape index (κ3) is 3.94. The van der Waals surface area contributed by atoms with Gasteiger partial charge in [0.1, 0.15) is 0 Å². The van der Waals surface area contributed by atoms with Crippen molar-refractivity contribution in [3.63, 3.8) is 0 Å². The monoisotopic (exact) mass is 322 g/mol. The maximum atomic E-state index is 13.5. The molecule has 1 rings (SSSR count). The summed E-state index contributed by atoms with van der Waals surface area (Å²) in [5, 5.41) is 20.4. The van der Waals surface area contributed by atoms with E-state index in [9.17, 15) is 28.0 Å². The molecular weight excluding hydrogens is 307 g/mol. The third-order valence-corrected chi connectivity index (χ3v) is 4.50. The van der Waals surface area contributed by atoms with Gasteiger partial charge in [0.05, 0.1) is 17.6 Å². The number of nitro groups is 1. The average molecular weight is 322 g/mol. The largest absolute Gasteiger partial charge is 0.389 e. The van der Waals surface area contributed by atoms with Crippen molar-refractivity contribution in [1.29, 1.82) is 0 Å². The zero-order valence-electron chi connectivity index (χ0n) is 11.4. The lowest BCUT2D eigenvalue weighted by atomic mass is 10.3. The van der Waals surface area contributed by atoms with Crippen LogP contribution in [0.1, 0.15) is 0 Å². The molecule has 0 aliphatic carbocycles. The van der Waals surface area contributed by atoms with Crippen LogP contribution in [-0.4, -0.2) is 56.2 Å². The number of likely N-dealkylation sites (N-methyl/N-ethyl adjacent to an activating group) is 1. The smallest absolute Gasteiger partial charge is 0.324 e. The molecule has 0 spiro atoms. The minimum absolute atomic E-state index is 0.106. The van der Waals surface area contributed by atoms with Crippen LogP contribution < -0.4 is 0 Å². The van der Waals surface area contributed by atoms with Crippen LogP contribution in [0.2, 0.25) is 0 Å². The van der Waals surface area contributed by atoms with E-state index in [1.54, 1.807) is 0 Å². The van der Waals surface area contributed by atoms with E-state index in [4.69, 9.17) is 0 Å². The van der Waals surface area contributed by atoms with Crippen molar-refractivity contribution in [3.05, 3.63) is 34.1 Å². The Balaban J connectivity index is 3.20. The minimum atomic E-state index is -4.31. The van der Waals surface area contributed by atoms with Crippen LogP contribution in [0.25, 0.3) is 0 Å². The molecule has 8 nitrogen and oxygen atoms in total. The molecule has 1 N–H and O–H groups in total. The average Bonchev–Trinajstić information content (AvgIpc) is 2.37. The number of aliphatic hydroxyl groups excluding tert-OH is 1. The second-order valence-corrected chi connectivity index (χ2v) is 6.25. The topological polar surface area (TPSA) is 110 Å². The molecule has 1 unspecified atom stereocenters. The fourth-order valence-corrected chi connectivity index (χ4v) is 3.06. The lowest BCUT2D eigenvalue weighted by Gasteiger charge is -2.20. The SMILES string of the molecule is COCC(O)CN(C)S(=O)(=O)c1cccc(F)c1[N+](=O)[O-]. The quantitative estimate of drug-likeness (QED) is 0.573. The molecule has 1 aromatic rings. The van der Waals surface area contributed by atoms with Crippen molar-refractivity contribution in [3.8, 4) is 0 Å². The van der Waals surface area contributed by atoms with E-state index in [1.165, 1.54) is 7.11 Å². The van der Waals surface area contributed by atoms with E-state index in [2.05, 4.69) is 4.74 Å². The second-order valence-electron chi connectivity index (χ2n) is 4.24. The first-order valence-corrected chi connectivity index (χ1v) is 7.22. The Bertz CT molecular complexity index is 621. The van der Waals surface area contributed by atoms with E-state index in [1.807, 2.05) is 0 Å². The summed E-state index contributed by atoms with van der Waals surface area (Å²) in [7, 11) is -1.86. The molecule has 0 saturated carbocycles. The fourth-order valence-electron chi connectivity index (χ4n) is 1.69. The van der Waals surface area contributed by atoms with Crippen molar-refractivity contribution >= 4 is 15.7 Å². The molecule has 0 amide bonds. The molecular formula is C11H15FN2O6S. The van der Waals surface area contributed by atoms with Crippen molar-refractivity contribution < 1.29 is 27.6 Å². The molecule has 21 heavy (non-hydrogen) atoms. The molecule has 10 heteroatoms. The first-order chi connectivity index (χ1) is 9.71. The van der Waals surface area contributed by atoms with Gasteiger partial charge in [0, 0.05) is 20.7 Å². The summed E-state index contributed by atoms with van der Waals surface area (Å²) in [5.74, 6) is -1.24. The number of halogens is 1. The lowest BCUT2D eigenvalue weighted by molar-refractivity contribution is -0.390. The van der Waals surface area contributed by atoms with Gasteiger partial charge in [-0.1, -0.05) is 6.07 Å². The summed E-state index contributed by atoms with van der Waals surface area (Å²) < 4.78 is 43.4. The number of hydrogen-bond acceptors (Lipinski definition) is 6. The number of aliphatic hydroxyl groups is 1. The van der Waals surface area contributed by atoms with Gasteiger partial charge in [-0.05, 0) is 12.1 Å². The van der Waals surface area contributed by atoms with E-state index in [0.717, 1.165) is 25.2 Å². The van der Waals surface area contributed by atoms with Crippen LogP contribution in [0, 0.1) is 15.9 Å². The summed E-state index contributed by atoms with van der Waals surface area (Å²) >= 11 is 0. The summed E-state index contributed by atoms with van der Waals surface area (Å²) in [4.78, 5) is 8.99. The number of nitrogens with zero attached hydrogens (tertiary/aromatic N) is 2. The number of hydrogen-bond donors (Lipinski definition) is 1. The molecule has 0 radical (unpaired) electrons. The highest BCUT2D eigenvalue weighted by Crippen LogP contribution is 2.28. The highest BCUT2D eigenvalue weighted by Gasteiger charge is 2.33. The zero-order valence-corrected chi connectivity index (χ0v) is 12.2. The summed E-state index contributed by atoms with van der Waals surface area (Å²) in [6, 6.07) is 2.81. The van der Waals surface area contributed by atoms with Crippen LogP contribution in [0.15, 0.2) is 23.1 Å². The van der Waals surface area contributed by atoms with Gasteiger partial charge in [-0.15, -0.1) is 0 Å². The summed E-state index contributed by atoms with van der Waals surface area (Å²) in [6.07, 6.45) is -1.11. The Morgan fingerprint density at radius 2 is 2.14 bits per heavy atom. The Morgan fingerprint density at radius 1 is 1.52 bits per heavy atom. The van der Waals surface area contributed by atoms with Crippen molar-refractivity contribution in [2.45, 2.75) is 11.0 Å². The van der Waals surface area contributed by atoms with E-state index < -0.39 is 37.5 Å². The molecule has 0 aliphatic rings. The number of nitro benzene ring substituents is 1. The predicted molar refractivity (Wildman–Crippen MR) is 70.8 cm³/mol. The molecule has 0 bridgehead atoms. The molecule has 0 fully saturated rings. The Hall–Kier alpha value is -1.62. The van der Waals surface area contributed by atoms with Crippen molar-refractivity contribution in [2.24, 2.45) is 0 Å².